The maximum atomic E-state index is 13.0. The number of hydrogen-bond acceptors (Lipinski definition) is 4. The van der Waals surface area contributed by atoms with Crippen LogP contribution in [0.2, 0.25) is 0 Å². The molecule has 0 fully saturated rings. The normalized spacial score (nSPS) is 11.0. The molecule has 0 aliphatic heterocycles. The minimum absolute atomic E-state index is 0.207. The Hall–Kier alpha value is -0.945. The number of ether oxygens (including phenoxy) is 1. The molecule has 18 heavy (non-hydrogen) atoms. The Morgan fingerprint density at radius 2 is 2.11 bits per heavy atom. The van der Waals surface area contributed by atoms with Gasteiger partial charge in [-0.05, 0) is 37.1 Å². The maximum Gasteiger partial charge on any atom is 0.488 e. The molecule has 0 aliphatic rings. The first-order valence-corrected chi connectivity index (χ1v) is 5.95. The summed E-state index contributed by atoms with van der Waals surface area (Å²) in [6, 6.07) is 4.04. The molecular formula is C12H19BFNO3. The molecule has 2 N–H and O–H groups in total. The standard InChI is InChI=1S/C12H19BFNO3/c1-3-18-7-6-15(2)9-10-4-5-11(14)8-12(10)13(16)17/h4-5,8,16-17H,3,6-7,9H2,1-2H3. The summed E-state index contributed by atoms with van der Waals surface area (Å²) in [5, 5.41) is 18.4. The van der Waals surface area contributed by atoms with Gasteiger partial charge < -0.3 is 14.8 Å². The predicted octanol–water partition coefficient (Wildman–Crippen LogP) is -0.0262. The summed E-state index contributed by atoms with van der Waals surface area (Å²) >= 11 is 0. The van der Waals surface area contributed by atoms with Gasteiger partial charge in [0.1, 0.15) is 5.82 Å². The van der Waals surface area contributed by atoms with E-state index in [0.29, 0.717) is 25.3 Å². The van der Waals surface area contributed by atoms with Gasteiger partial charge in [0.25, 0.3) is 0 Å². The summed E-state index contributed by atoms with van der Waals surface area (Å²) in [5.41, 5.74) is 0.906. The first kappa shape index (κ1) is 15.1. The van der Waals surface area contributed by atoms with Crippen molar-refractivity contribution in [3.05, 3.63) is 29.6 Å². The number of halogens is 1. The summed E-state index contributed by atoms with van der Waals surface area (Å²) < 4.78 is 18.3. The van der Waals surface area contributed by atoms with Gasteiger partial charge in [0, 0.05) is 19.7 Å². The molecule has 0 bridgehead atoms. The highest BCUT2D eigenvalue weighted by Gasteiger charge is 2.17. The van der Waals surface area contributed by atoms with Gasteiger partial charge in [0.05, 0.1) is 6.61 Å². The zero-order chi connectivity index (χ0) is 13.5. The van der Waals surface area contributed by atoms with E-state index in [1.165, 1.54) is 6.07 Å². The molecule has 6 heteroatoms. The van der Waals surface area contributed by atoms with Crippen LogP contribution in [-0.2, 0) is 11.3 Å². The Bertz CT molecular complexity index is 376. The first-order valence-electron chi connectivity index (χ1n) is 5.95. The fourth-order valence-electron chi connectivity index (χ4n) is 1.68. The SMILES string of the molecule is CCOCCN(C)Cc1ccc(F)cc1B(O)O. The molecule has 1 aromatic carbocycles. The van der Waals surface area contributed by atoms with Crippen LogP contribution in [-0.4, -0.2) is 48.9 Å². The van der Waals surface area contributed by atoms with Crippen molar-refractivity contribution < 1.29 is 19.2 Å². The molecule has 0 aliphatic carbocycles. The predicted molar refractivity (Wildman–Crippen MR) is 69.1 cm³/mol. The van der Waals surface area contributed by atoms with Crippen LogP contribution in [0.4, 0.5) is 4.39 Å². The average molecular weight is 255 g/mol. The van der Waals surface area contributed by atoms with Gasteiger partial charge in [-0.25, -0.2) is 4.39 Å². The molecule has 0 saturated heterocycles. The van der Waals surface area contributed by atoms with Gasteiger partial charge in [-0.1, -0.05) is 6.07 Å². The minimum atomic E-state index is -1.66. The molecule has 0 radical (unpaired) electrons. The minimum Gasteiger partial charge on any atom is -0.423 e. The van der Waals surface area contributed by atoms with E-state index in [2.05, 4.69) is 0 Å². The van der Waals surface area contributed by atoms with Crippen molar-refractivity contribution >= 4 is 12.6 Å². The van der Waals surface area contributed by atoms with Gasteiger partial charge in [-0.15, -0.1) is 0 Å². The van der Waals surface area contributed by atoms with E-state index in [-0.39, 0.29) is 5.46 Å². The molecule has 0 atom stereocenters. The molecule has 0 amide bonds. The molecule has 4 nitrogen and oxygen atoms in total. The van der Waals surface area contributed by atoms with E-state index in [4.69, 9.17) is 4.74 Å². The summed E-state index contributed by atoms with van der Waals surface area (Å²) in [5.74, 6) is -0.473. The van der Waals surface area contributed by atoms with E-state index in [1.54, 1.807) is 6.07 Å². The highest BCUT2D eigenvalue weighted by Crippen LogP contribution is 2.04. The van der Waals surface area contributed by atoms with Crippen molar-refractivity contribution in [1.82, 2.24) is 4.90 Å². The third-order valence-electron chi connectivity index (χ3n) is 2.65. The monoisotopic (exact) mass is 255 g/mol. The number of rotatable bonds is 7. The highest BCUT2D eigenvalue weighted by atomic mass is 19.1. The zero-order valence-electron chi connectivity index (χ0n) is 10.8. The van der Waals surface area contributed by atoms with Gasteiger partial charge in [0.15, 0.2) is 0 Å². The van der Waals surface area contributed by atoms with Gasteiger partial charge in [-0.3, -0.25) is 4.90 Å². The molecule has 0 heterocycles. The van der Waals surface area contributed by atoms with Crippen molar-refractivity contribution in [3.63, 3.8) is 0 Å². The summed E-state index contributed by atoms with van der Waals surface area (Å²) in [4.78, 5) is 1.98. The third kappa shape index (κ3) is 4.74. The molecule has 0 saturated carbocycles. The lowest BCUT2D eigenvalue weighted by Gasteiger charge is -2.18. The van der Waals surface area contributed by atoms with Crippen LogP contribution in [0.5, 0.6) is 0 Å². The molecular weight excluding hydrogens is 236 g/mol. The van der Waals surface area contributed by atoms with Crippen LogP contribution < -0.4 is 5.46 Å². The van der Waals surface area contributed by atoms with Gasteiger partial charge in [-0.2, -0.15) is 0 Å². The fourth-order valence-corrected chi connectivity index (χ4v) is 1.68. The van der Waals surface area contributed by atoms with Crippen LogP contribution in [0.15, 0.2) is 18.2 Å². The second kappa shape index (κ2) is 7.48. The first-order chi connectivity index (χ1) is 8.54. The molecule has 0 spiro atoms. The highest BCUT2D eigenvalue weighted by molar-refractivity contribution is 6.59. The topological polar surface area (TPSA) is 52.9 Å². The zero-order valence-corrected chi connectivity index (χ0v) is 10.8. The number of nitrogens with zero attached hydrogens (tertiary/aromatic N) is 1. The van der Waals surface area contributed by atoms with Crippen LogP contribution in [0, 0.1) is 5.82 Å². The summed E-state index contributed by atoms with van der Waals surface area (Å²) in [6.45, 7) is 4.46. The third-order valence-corrected chi connectivity index (χ3v) is 2.65. The Labute approximate surface area is 107 Å². The second-order valence-electron chi connectivity index (χ2n) is 4.15. The summed E-state index contributed by atoms with van der Waals surface area (Å²) in [6.07, 6.45) is 0. The van der Waals surface area contributed by atoms with E-state index in [0.717, 1.165) is 12.6 Å². The van der Waals surface area contributed by atoms with Crippen molar-refractivity contribution in [1.29, 1.82) is 0 Å². The Morgan fingerprint density at radius 3 is 2.72 bits per heavy atom. The molecule has 0 aromatic heterocycles. The quantitative estimate of drug-likeness (QED) is 0.531. The Kier molecular flexibility index (Phi) is 6.28. The van der Waals surface area contributed by atoms with E-state index in [9.17, 15) is 14.4 Å². The summed E-state index contributed by atoms with van der Waals surface area (Å²) in [7, 11) is 0.242. The van der Waals surface area contributed by atoms with Crippen molar-refractivity contribution in [3.8, 4) is 0 Å². The maximum absolute atomic E-state index is 13.0. The lowest BCUT2D eigenvalue weighted by Crippen LogP contribution is -2.36. The smallest absolute Gasteiger partial charge is 0.423 e. The van der Waals surface area contributed by atoms with Gasteiger partial charge >= 0.3 is 7.12 Å². The van der Waals surface area contributed by atoms with Crippen LogP contribution in [0.3, 0.4) is 0 Å². The lowest BCUT2D eigenvalue weighted by molar-refractivity contribution is 0.120. The van der Waals surface area contributed by atoms with E-state index in [1.807, 2.05) is 18.9 Å². The molecule has 1 rings (SSSR count). The molecule has 1 aromatic rings. The van der Waals surface area contributed by atoms with E-state index >= 15 is 0 Å². The molecule has 100 valence electrons. The van der Waals surface area contributed by atoms with Crippen LogP contribution in [0.25, 0.3) is 0 Å². The Balaban J connectivity index is 2.65. The number of benzene rings is 1. The van der Waals surface area contributed by atoms with Crippen LogP contribution in [0.1, 0.15) is 12.5 Å². The average Bonchev–Trinajstić information content (AvgIpc) is 2.31. The van der Waals surface area contributed by atoms with Crippen molar-refractivity contribution in [2.75, 3.05) is 26.8 Å². The fraction of sp³-hybridized carbons (Fsp3) is 0.500. The number of hydrogen-bond donors (Lipinski definition) is 2. The largest absolute Gasteiger partial charge is 0.488 e. The molecule has 0 unspecified atom stereocenters. The van der Waals surface area contributed by atoms with Crippen LogP contribution >= 0.6 is 0 Å². The van der Waals surface area contributed by atoms with E-state index < -0.39 is 12.9 Å². The van der Waals surface area contributed by atoms with Gasteiger partial charge in [0.2, 0.25) is 0 Å². The number of likely N-dealkylation sites (N-methyl/N-ethyl adjacent to an activating group) is 1. The Morgan fingerprint density at radius 1 is 1.39 bits per heavy atom. The van der Waals surface area contributed by atoms with Crippen molar-refractivity contribution in [2.45, 2.75) is 13.5 Å². The van der Waals surface area contributed by atoms with Crippen molar-refractivity contribution in [2.24, 2.45) is 0 Å². The second-order valence-corrected chi connectivity index (χ2v) is 4.15. The lowest BCUT2D eigenvalue weighted by atomic mass is 9.77.